The van der Waals surface area contributed by atoms with Crippen LogP contribution in [-0.2, 0) is 20.9 Å². The van der Waals surface area contributed by atoms with Gasteiger partial charge < -0.3 is 19.7 Å². The summed E-state index contributed by atoms with van der Waals surface area (Å²) >= 11 is 0. The molecule has 2 amide bonds. The highest BCUT2D eigenvalue weighted by atomic mass is 16.6. The molecular weight excluding hydrogens is 260 g/mol. The van der Waals surface area contributed by atoms with Crippen molar-refractivity contribution in [3.63, 3.8) is 0 Å². The lowest BCUT2D eigenvalue weighted by Crippen LogP contribution is -2.50. The number of carbonyl (C=O) groups is 2. The number of carbonyl (C=O) groups excluding carboxylic acids is 2. The minimum absolute atomic E-state index is 0.0636. The van der Waals surface area contributed by atoms with Crippen LogP contribution < -0.4 is 5.32 Å². The van der Waals surface area contributed by atoms with E-state index in [2.05, 4.69) is 5.32 Å². The first kappa shape index (κ1) is 12.9. The summed E-state index contributed by atoms with van der Waals surface area (Å²) < 4.78 is 10.7. The molecular formula is C14H16N2O4. The van der Waals surface area contributed by atoms with E-state index in [4.69, 9.17) is 9.47 Å². The zero-order chi connectivity index (χ0) is 13.9. The molecule has 0 saturated carbocycles. The molecule has 2 saturated heterocycles. The molecule has 2 aliphatic heterocycles. The molecule has 0 bridgehead atoms. The van der Waals surface area contributed by atoms with Crippen LogP contribution in [0.2, 0.25) is 0 Å². The van der Waals surface area contributed by atoms with Crippen molar-refractivity contribution in [3.05, 3.63) is 35.9 Å². The molecule has 1 aromatic rings. The SMILES string of the molecule is O=C1COC2CN(C(=O)OCc3ccccc3)CC2N1. The molecule has 0 spiro atoms. The molecule has 0 aliphatic carbocycles. The normalized spacial score (nSPS) is 25.0. The maximum absolute atomic E-state index is 12.0. The molecule has 6 nitrogen and oxygen atoms in total. The monoisotopic (exact) mass is 276 g/mol. The second kappa shape index (κ2) is 5.50. The van der Waals surface area contributed by atoms with Gasteiger partial charge in [-0.15, -0.1) is 0 Å². The van der Waals surface area contributed by atoms with Crippen molar-refractivity contribution < 1.29 is 19.1 Å². The Labute approximate surface area is 116 Å². The molecule has 0 aromatic heterocycles. The van der Waals surface area contributed by atoms with Crippen molar-refractivity contribution >= 4 is 12.0 Å². The molecule has 1 N–H and O–H groups in total. The predicted molar refractivity (Wildman–Crippen MR) is 69.9 cm³/mol. The minimum Gasteiger partial charge on any atom is -0.445 e. The summed E-state index contributed by atoms with van der Waals surface area (Å²) in [6, 6.07) is 9.39. The number of nitrogens with one attached hydrogen (secondary N) is 1. The number of nitrogens with zero attached hydrogens (tertiary/aromatic N) is 1. The smallest absolute Gasteiger partial charge is 0.410 e. The van der Waals surface area contributed by atoms with Gasteiger partial charge in [0.05, 0.1) is 18.7 Å². The predicted octanol–water partition coefficient (Wildman–Crippen LogP) is 0.522. The minimum atomic E-state index is -0.374. The number of ether oxygens (including phenoxy) is 2. The standard InChI is InChI=1S/C14H16N2O4/c17-13-9-19-12-7-16(6-11(12)15-13)14(18)20-8-10-4-2-1-3-5-10/h1-5,11-12H,6-9H2,(H,15,17). The Morgan fingerprint density at radius 1 is 1.35 bits per heavy atom. The number of hydrogen-bond acceptors (Lipinski definition) is 4. The summed E-state index contributed by atoms with van der Waals surface area (Å²) in [5, 5.41) is 2.82. The summed E-state index contributed by atoms with van der Waals surface area (Å²) in [7, 11) is 0. The molecule has 2 fully saturated rings. The molecule has 1 aromatic carbocycles. The van der Waals surface area contributed by atoms with Crippen LogP contribution in [0.1, 0.15) is 5.56 Å². The summed E-state index contributed by atoms with van der Waals surface area (Å²) in [5.74, 6) is -0.134. The van der Waals surface area contributed by atoms with Crippen molar-refractivity contribution in [1.82, 2.24) is 10.2 Å². The fourth-order valence-electron chi connectivity index (χ4n) is 2.47. The van der Waals surface area contributed by atoms with E-state index in [0.29, 0.717) is 13.1 Å². The van der Waals surface area contributed by atoms with E-state index in [9.17, 15) is 9.59 Å². The first-order valence-electron chi connectivity index (χ1n) is 6.59. The zero-order valence-electron chi connectivity index (χ0n) is 11.0. The number of benzene rings is 1. The zero-order valence-corrected chi connectivity index (χ0v) is 11.0. The Hall–Kier alpha value is -2.08. The fraction of sp³-hybridized carbons (Fsp3) is 0.429. The molecule has 20 heavy (non-hydrogen) atoms. The topological polar surface area (TPSA) is 67.9 Å². The Morgan fingerprint density at radius 2 is 2.15 bits per heavy atom. The Balaban J connectivity index is 1.52. The van der Waals surface area contributed by atoms with Crippen molar-refractivity contribution in [2.75, 3.05) is 19.7 Å². The van der Waals surface area contributed by atoms with E-state index in [1.165, 1.54) is 0 Å². The van der Waals surface area contributed by atoms with Crippen LogP contribution in [0.3, 0.4) is 0 Å². The molecule has 2 unspecified atom stereocenters. The lowest BCUT2D eigenvalue weighted by molar-refractivity contribution is -0.134. The van der Waals surface area contributed by atoms with Crippen molar-refractivity contribution in [2.45, 2.75) is 18.8 Å². The van der Waals surface area contributed by atoms with E-state index < -0.39 is 0 Å². The van der Waals surface area contributed by atoms with Gasteiger partial charge in [-0.1, -0.05) is 30.3 Å². The van der Waals surface area contributed by atoms with E-state index >= 15 is 0 Å². The van der Waals surface area contributed by atoms with E-state index in [-0.39, 0.29) is 37.4 Å². The molecule has 2 aliphatic rings. The first-order chi connectivity index (χ1) is 9.72. The van der Waals surface area contributed by atoms with Crippen LogP contribution in [0.25, 0.3) is 0 Å². The van der Waals surface area contributed by atoms with Crippen LogP contribution in [0.5, 0.6) is 0 Å². The lowest BCUT2D eigenvalue weighted by Gasteiger charge is -2.24. The number of likely N-dealkylation sites (tertiary alicyclic amines) is 1. The van der Waals surface area contributed by atoms with Gasteiger partial charge >= 0.3 is 6.09 Å². The van der Waals surface area contributed by atoms with Gasteiger partial charge in [0.15, 0.2) is 0 Å². The summed E-state index contributed by atoms with van der Waals surface area (Å²) in [5.41, 5.74) is 0.946. The molecule has 3 rings (SSSR count). The number of amides is 2. The Morgan fingerprint density at radius 3 is 2.95 bits per heavy atom. The van der Waals surface area contributed by atoms with Gasteiger partial charge in [-0.05, 0) is 5.56 Å². The molecule has 2 heterocycles. The Kier molecular flexibility index (Phi) is 3.56. The first-order valence-corrected chi connectivity index (χ1v) is 6.59. The van der Waals surface area contributed by atoms with Crippen LogP contribution in [0, 0.1) is 0 Å². The van der Waals surface area contributed by atoms with Gasteiger partial charge in [-0.25, -0.2) is 4.79 Å². The number of rotatable bonds is 2. The van der Waals surface area contributed by atoms with E-state index in [0.717, 1.165) is 5.56 Å². The molecule has 0 radical (unpaired) electrons. The summed E-state index contributed by atoms with van der Waals surface area (Å²) in [4.78, 5) is 24.8. The number of hydrogen-bond donors (Lipinski definition) is 1. The van der Waals surface area contributed by atoms with Gasteiger partial charge in [-0.3, -0.25) is 4.79 Å². The van der Waals surface area contributed by atoms with Crippen LogP contribution >= 0.6 is 0 Å². The van der Waals surface area contributed by atoms with Gasteiger partial charge in [0.1, 0.15) is 13.2 Å². The quantitative estimate of drug-likeness (QED) is 0.855. The van der Waals surface area contributed by atoms with E-state index in [1.54, 1.807) is 4.90 Å². The average molecular weight is 276 g/mol. The maximum atomic E-state index is 12.0. The third-order valence-corrected chi connectivity index (χ3v) is 3.50. The van der Waals surface area contributed by atoms with Crippen LogP contribution in [0.15, 0.2) is 30.3 Å². The van der Waals surface area contributed by atoms with Gasteiger partial charge in [0, 0.05) is 6.54 Å². The summed E-state index contributed by atoms with van der Waals surface area (Å²) in [6.45, 7) is 1.20. The van der Waals surface area contributed by atoms with Gasteiger partial charge in [0.25, 0.3) is 0 Å². The fourth-order valence-corrected chi connectivity index (χ4v) is 2.47. The van der Waals surface area contributed by atoms with E-state index in [1.807, 2.05) is 30.3 Å². The van der Waals surface area contributed by atoms with Crippen molar-refractivity contribution in [2.24, 2.45) is 0 Å². The summed E-state index contributed by atoms with van der Waals surface area (Å²) in [6.07, 6.45) is -0.502. The van der Waals surface area contributed by atoms with Gasteiger partial charge in [0.2, 0.25) is 5.91 Å². The third kappa shape index (κ3) is 2.75. The molecule has 2 atom stereocenters. The highest BCUT2D eigenvalue weighted by Crippen LogP contribution is 2.18. The van der Waals surface area contributed by atoms with Crippen LogP contribution in [0.4, 0.5) is 4.79 Å². The van der Waals surface area contributed by atoms with Crippen molar-refractivity contribution in [3.8, 4) is 0 Å². The Bertz CT molecular complexity index is 505. The van der Waals surface area contributed by atoms with Crippen molar-refractivity contribution in [1.29, 1.82) is 0 Å². The molecule has 6 heteroatoms. The van der Waals surface area contributed by atoms with Gasteiger partial charge in [-0.2, -0.15) is 0 Å². The maximum Gasteiger partial charge on any atom is 0.410 e. The second-order valence-electron chi connectivity index (χ2n) is 4.97. The lowest BCUT2D eigenvalue weighted by atomic mass is 10.2. The highest BCUT2D eigenvalue weighted by Gasteiger charge is 2.40. The largest absolute Gasteiger partial charge is 0.445 e. The van der Waals surface area contributed by atoms with Crippen LogP contribution in [-0.4, -0.2) is 48.7 Å². The second-order valence-corrected chi connectivity index (χ2v) is 4.97. The third-order valence-electron chi connectivity index (χ3n) is 3.50. The number of morpholine rings is 1. The highest BCUT2D eigenvalue weighted by molar-refractivity contribution is 5.78. The average Bonchev–Trinajstić information content (AvgIpc) is 2.89. The number of fused-ring (bicyclic) bond motifs is 1. The molecule has 106 valence electrons.